The zero-order chi connectivity index (χ0) is 24.2. The topological polar surface area (TPSA) is 68.0 Å². The third-order valence-electron chi connectivity index (χ3n) is 6.37. The molecule has 2 aromatic carbocycles. The SMILES string of the molecule is O=C(c1ccccc1F)N(Cc1c(-c2ccc(F)cc2)noc1N1CCOCC1)C[C@H]1CCCO1. The molecule has 2 aliphatic rings. The Bertz CT molecular complexity index is 1160. The zero-order valence-electron chi connectivity index (χ0n) is 19.3. The second-order valence-electron chi connectivity index (χ2n) is 8.72. The van der Waals surface area contributed by atoms with Crippen molar-refractivity contribution in [1.29, 1.82) is 0 Å². The first-order chi connectivity index (χ1) is 17.1. The molecule has 2 saturated heterocycles. The number of carbonyl (C=O) groups is 1. The maximum atomic E-state index is 14.6. The summed E-state index contributed by atoms with van der Waals surface area (Å²) in [6.45, 7) is 3.38. The van der Waals surface area contributed by atoms with E-state index in [1.807, 2.05) is 4.90 Å². The number of anilines is 1. The van der Waals surface area contributed by atoms with E-state index in [4.69, 9.17) is 14.0 Å². The lowest BCUT2D eigenvalue weighted by Crippen LogP contribution is -2.39. The minimum Gasteiger partial charge on any atom is -0.378 e. The van der Waals surface area contributed by atoms with E-state index in [-0.39, 0.29) is 24.0 Å². The van der Waals surface area contributed by atoms with Crippen LogP contribution in [-0.4, -0.2) is 61.5 Å². The Morgan fingerprint density at radius 1 is 1.06 bits per heavy atom. The van der Waals surface area contributed by atoms with Gasteiger partial charge in [-0.3, -0.25) is 4.79 Å². The third-order valence-corrected chi connectivity index (χ3v) is 6.37. The second-order valence-corrected chi connectivity index (χ2v) is 8.72. The molecule has 7 nitrogen and oxygen atoms in total. The molecule has 5 rings (SSSR count). The van der Waals surface area contributed by atoms with Crippen molar-refractivity contribution in [2.24, 2.45) is 0 Å². The van der Waals surface area contributed by atoms with Crippen molar-refractivity contribution in [1.82, 2.24) is 10.1 Å². The van der Waals surface area contributed by atoms with E-state index in [0.717, 1.165) is 12.8 Å². The highest BCUT2D eigenvalue weighted by atomic mass is 19.1. The van der Waals surface area contributed by atoms with Gasteiger partial charge in [0.25, 0.3) is 5.91 Å². The van der Waals surface area contributed by atoms with E-state index in [1.165, 1.54) is 24.3 Å². The highest BCUT2D eigenvalue weighted by Gasteiger charge is 2.30. The van der Waals surface area contributed by atoms with Crippen LogP contribution in [0.15, 0.2) is 53.1 Å². The van der Waals surface area contributed by atoms with Crippen LogP contribution < -0.4 is 4.90 Å². The molecule has 0 aliphatic carbocycles. The first-order valence-corrected chi connectivity index (χ1v) is 11.8. The Labute approximate surface area is 202 Å². The third kappa shape index (κ3) is 5.21. The Balaban J connectivity index is 1.53. The molecule has 3 heterocycles. The Hall–Kier alpha value is -3.30. The van der Waals surface area contributed by atoms with Gasteiger partial charge in [0.15, 0.2) is 0 Å². The summed E-state index contributed by atoms with van der Waals surface area (Å²) >= 11 is 0. The van der Waals surface area contributed by atoms with Crippen molar-refractivity contribution in [2.75, 3.05) is 44.4 Å². The zero-order valence-corrected chi connectivity index (χ0v) is 19.3. The van der Waals surface area contributed by atoms with Gasteiger partial charge in [-0.1, -0.05) is 17.3 Å². The van der Waals surface area contributed by atoms with Crippen LogP contribution in [0.25, 0.3) is 11.3 Å². The molecular weight excluding hydrogens is 456 g/mol. The summed E-state index contributed by atoms with van der Waals surface area (Å²) in [5.41, 5.74) is 1.87. The molecule has 9 heteroatoms. The van der Waals surface area contributed by atoms with Gasteiger partial charge in [0, 0.05) is 31.8 Å². The first kappa shape index (κ1) is 23.4. The largest absolute Gasteiger partial charge is 0.378 e. The fourth-order valence-corrected chi connectivity index (χ4v) is 4.54. The van der Waals surface area contributed by atoms with Gasteiger partial charge < -0.3 is 23.8 Å². The van der Waals surface area contributed by atoms with E-state index < -0.39 is 11.7 Å². The average molecular weight is 484 g/mol. The number of hydrogen-bond donors (Lipinski definition) is 0. The number of rotatable bonds is 7. The lowest BCUT2D eigenvalue weighted by atomic mass is 10.1. The second kappa shape index (κ2) is 10.5. The highest BCUT2D eigenvalue weighted by Crippen LogP contribution is 2.34. The molecule has 0 saturated carbocycles. The van der Waals surface area contributed by atoms with E-state index in [9.17, 15) is 13.6 Å². The van der Waals surface area contributed by atoms with Gasteiger partial charge in [-0.2, -0.15) is 0 Å². The number of carbonyl (C=O) groups excluding carboxylic acids is 1. The van der Waals surface area contributed by atoms with Crippen molar-refractivity contribution >= 4 is 11.8 Å². The molecule has 1 atom stereocenters. The van der Waals surface area contributed by atoms with Crippen LogP contribution in [0.3, 0.4) is 0 Å². The molecule has 0 N–H and O–H groups in total. The summed E-state index contributed by atoms with van der Waals surface area (Å²) in [5, 5.41) is 4.30. The predicted molar refractivity (Wildman–Crippen MR) is 125 cm³/mol. The van der Waals surface area contributed by atoms with E-state index in [0.29, 0.717) is 62.2 Å². The van der Waals surface area contributed by atoms with Gasteiger partial charge in [-0.05, 0) is 49.2 Å². The van der Waals surface area contributed by atoms with Gasteiger partial charge in [0.2, 0.25) is 5.88 Å². The molecule has 1 amide bonds. The Kier molecular flexibility index (Phi) is 7.06. The van der Waals surface area contributed by atoms with Crippen LogP contribution in [0.4, 0.5) is 14.7 Å². The summed E-state index contributed by atoms with van der Waals surface area (Å²) in [6, 6.07) is 11.9. The molecule has 0 radical (unpaired) electrons. The quantitative estimate of drug-likeness (QED) is 0.500. The highest BCUT2D eigenvalue weighted by molar-refractivity contribution is 5.94. The number of ether oxygens (including phenoxy) is 2. The fourth-order valence-electron chi connectivity index (χ4n) is 4.54. The van der Waals surface area contributed by atoms with Crippen molar-refractivity contribution in [3.8, 4) is 11.3 Å². The maximum Gasteiger partial charge on any atom is 0.257 e. The molecule has 2 fully saturated rings. The smallest absolute Gasteiger partial charge is 0.257 e. The summed E-state index contributed by atoms with van der Waals surface area (Å²) in [7, 11) is 0. The number of benzene rings is 2. The van der Waals surface area contributed by atoms with Crippen LogP contribution in [0.2, 0.25) is 0 Å². The molecule has 0 unspecified atom stereocenters. The van der Waals surface area contributed by atoms with Crippen molar-refractivity contribution in [2.45, 2.75) is 25.5 Å². The number of morpholine rings is 1. The number of halogens is 2. The minimum absolute atomic E-state index is 0.00166. The number of aromatic nitrogens is 1. The lowest BCUT2D eigenvalue weighted by Gasteiger charge is -2.29. The first-order valence-electron chi connectivity index (χ1n) is 11.8. The molecule has 184 valence electrons. The van der Waals surface area contributed by atoms with Crippen LogP contribution in [0.1, 0.15) is 28.8 Å². The van der Waals surface area contributed by atoms with Gasteiger partial charge in [0.05, 0.1) is 37.0 Å². The number of nitrogens with zero attached hydrogens (tertiary/aromatic N) is 3. The number of hydrogen-bond acceptors (Lipinski definition) is 6. The van der Waals surface area contributed by atoms with E-state index >= 15 is 0 Å². The van der Waals surface area contributed by atoms with Gasteiger partial charge in [-0.15, -0.1) is 0 Å². The van der Waals surface area contributed by atoms with Crippen LogP contribution in [0, 0.1) is 11.6 Å². The summed E-state index contributed by atoms with van der Waals surface area (Å²) in [5.74, 6) is -0.835. The molecule has 35 heavy (non-hydrogen) atoms. The van der Waals surface area contributed by atoms with Crippen molar-refractivity contribution < 1.29 is 27.6 Å². The van der Waals surface area contributed by atoms with Crippen molar-refractivity contribution in [3.05, 3.63) is 71.3 Å². The number of amides is 1. The van der Waals surface area contributed by atoms with E-state index in [2.05, 4.69) is 5.16 Å². The Morgan fingerprint density at radius 2 is 1.83 bits per heavy atom. The standard InChI is InChI=1S/C26H27F2N3O4/c27-19-9-7-18(8-10-19)24-22(26(35-29-24)30-11-14-33-15-12-30)17-31(16-20-4-3-13-34-20)25(32)21-5-1-2-6-23(21)28/h1-2,5-10,20H,3-4,11-17H2/t20-/m1/s1. The van der Waals surface area contributed by atoms with Crippen LogP contribution in [0.5, 0.6) is 0 Å². The molecular formula is C26H27F2N3O4. The summed E-state index contributed by atoms with van der Waals surface area (Å²) < 4.78 is 45.2. The van der Waals surface area contributed by atoms with Gasteiger partial charge in [0.1, 0.15) is 17.3 Å². The molecule has 1 aromatic heterocycles. The van der Waals surface area contributed by atoms with Crippen LogP contribution >= 0.6 is 0 Å². The monoisotopic (exact) mass is 483 g/mol. The fraction of sp³-hybridized carbons (Fsp3) is 0.385. The summed E-state index contributed by atoms with van der Waals surface area (Å²) in [4.78, 5) is 17.2. The van der Waals surface area contributed by atoms with Crippen LogP contribution in [-0.2, 0) is 16.0 Å². The van der Waals surface area contributed by atoms with Gasteiger partial charge in [-0.25, -0.2) is 8.78 Å². The van der Waals surface area contributed by atoms with Crippen molar-refractivity contribution in [3.63, 3.8) is 0 Å². The van der Waals surface area contributed by atoms with Gasteiger partial charge >= 0.3 is 0 Å². The molecule has 0 spiro atoms. The van der Waals surface area contributed by atoms with E-state index in [1.54, 1.807) is 29.2 Å². The Morgan fingerprint density at radius 3 is 2.54 bits per heavy atom. The normalized spacial score (nSPS) is 18.1. The molecule has 2 aliphatic heterocycles. The lowest BCUT2D eigenvalue weighted by molar-refractivity contribution is 0.0503. The predicted octanol–water partition coefficient (Wildman–Crippen LogP) is 4.28. The maximum absolute atomic E-state index is 14.6. The molecule has 3 aromatic rings. The average Bonchev–Trinajstić information content (AvgIpc) is 3.55. The molecule has 0 bridgehead atoms. The summed E-state index contributed by atoms with van der Waals surface area (Å²) in [6.07, 6.45) is 1.61. The minimum atomic E-state index is -0.577.